The molecule has 3 aromatic rings. The summed E-state index contributed by atoms with van der Waals surface area (Å²) < 4.78 is 28.7. The van der Waals surface area contributed by atoms with E-state index in [4.69, 9.17) is 0 Å². The van der Waals surface area contributed by atoms with Crippen LogP contribution in [0.25, 0.3) is 5.82 Å². The van der Waals surface area contributed by atoms with Gasteiger partial charge >= 0.3 is 0 Å². The Hall–Kier alpha value is -2.78. The molecule has 146 valence electrons. The lowest BCUT2D eigenvalue weighted by molar-refractivity contribution is 0.346. The highest BCUT2D eigenvalue weighted by Crippen LogP contribution is 2.20. The van der Waals surface area contributed by atoms with Gasteiger partial charge in [0.25, 0.3) is 0 Å². The lowest BCUT2D eigenvalue weighted by atomic mass is 10.2. The van der Waals surface area contributed by atoms with Crippen LogP contribution in [0.1, 0.15) is 24.8 Å². The molecule has 4 rings (SSSR count). The van der Waals surface area contributed by atoms with E-state index in [1.165, 1.54) is 6.20 Å². The highest BCUT2D eigenvalue weighted by Gasteiger charge is 2.26. The summed E-state index contributed by atoms with van der Waals surface area (Å²) in [6, 6.07) is 7.20. The maximum atomic E-state index is 12.7. The van der Waals surface area contributed by atoms with Crippen LogP contribution in [0.3, 0.4) is 0 Å². The maximum absolute atomic E-state index is 12.7. The van der Waals surface area contributed by atoms with Crippen LogP contribution in [0, 0.1) is 0 Å². The number of aromatic nitrogens is 4. The van der Waals surface area contributed by atoms with Crippen molar-refractivity contribution in [3.63, 3.8) is 0 Å². The number of nitrogens with zero attached hydrogens (tertiary/aromatic N) is 5. The topological polar surface area (TPSA) is 93.0 Å². The highest BCUT2D eigenvalue weighted by atomic mass is 32.2. The van der Waals surface area contributed by atoms with Crippen LogP contribution < -0.4 is 5.32 Å². The molecule has 0 spiro atoms. The Morgan fingerprint density at radius 3 is 2.50 bits per heavy atom. The van der Waals surface area contributed by atoms with E-state index in [1.54, 1.807) is 35.2 Å². The molecule has 0 atom stereocenters. The smallest absolute Gasteiger partial charge is 0.244 e. The molecule has 1 aliphatic heterocycles. The van der Waals surface area contributed by atoms with Crippen molar-refractivity contribution in [2.75, 3.05) is 18.4 Å². The fourth-order valence-electron chi connectivity index (χ4n) is 3.15. The normalized spacial score (nSPS) is 15.4. The summed E-state index contributed by atoms with van der Waals surface area (Å²) in [5.41, 5.74) is 0.996. The van der Waals surface area contributed by atoms with Gasteiger partial charge in [0.05, 0.1) is 0 Å². The number of anilines is 1. The van der Waals surface area contributed by atoms with Gasteiger partial charge in [0.15, 0.2) is 0 Å². The Morgan fingerprint density at radius 2 is 1.86 bits per heavy atom. The standard InChI is InChI=1S/C19H22N6O2S/c26-28(27,25-9-2-1-3-10-25)17-5-6-18(22-14-17)21-12-16-4-7-19(23-13-16)24-11-8-20-15-24/h4-8,11,13-15H,1-3,9-10,12H2,(H,21,22). The highest BCUT2D eigenvalue weighted by molar-refractivity contribution is 7.89. The van der Waals surface area contributed by atoms with Gasteiger partial charge in [-0.3, -0.25) is 4.57 Å². The Balaban J connectivity index is 1.38. The van der Waals surface area contributed by atoms with Crippen LogP contribution in [0.2, 0.25) is 0 Å². The van der Waals surface area contributed by atoms with Crippen molar-refractivity contribution in [2.45, 2.75) is 30.7 Å². The van der Waals surface area contributed by atoms with Gasteiger partial charge in [0.2, 0.25) is 10.0 Å². The van der Waals surface area contributed by atoms with Gasteiger partial charge in [-0.05, 0) is 36.6 Å². The molecule has 3 aromatic heterocycles. The zero-order chi connectivity index (χ0) is 19.4. The van der Waals surface area contributed by atoms with Gasteiger partial charge < -0.3 is 5.32 Å². The van der Waals surface area contributed by atoms with Crippen LogP contribution in [0.5, 0.6) is 0 Å². The lowest BCUT2D eigenvalue weighted by Crippen LogP contribution is -2.35. The van der Waals surface area contributed by atoms with Gasteiger partial charge in [0.1, 0.15) is 22.9 Å². The van der Waals surface area contributed by atoms with Gasteiger partial charge in [-0.2, -0.15) is 4.31 Å². The largest absolute Gasteiger partial charge is 0.366 e. The summed E-state index contributed by atoms with van der Waals surface area (Å²) in [4.78, 5) is 12.9. The summed E-state index contributed by atoms with van der Waals surface area (Å²) in [7, 11) is -3.45. The average Bonchev–Trinajstić information content (AvgIpc) is 3.28. The first-order valence-electron chi connectivity index (χ1n) is 9.26. The third-order valence-corrected chi connectivity index (χ3v) is 6.62. The molecule has 1 fully saturated rings. The third kappa shape index (κ3) is 4.05. The second-order valence-electron chi connectivity index (χ2n) is 6.69. The van der Waals surface area contributed by atoms with E-state index in [0.717, 1.165) is 30.6 Å². The fraction of sp³-hybridized carbons (Fsp3) is 0.316. The second kappa shape index (κ2) is 8.07. The van der Waals surface area contributed by atoms with Crippen LogP contribution in [0.15, 0.2) is 60.3 Å². The Bertz CT molecular complexity index is 996. The number of hydrogen-bond acceptors (Lipinski definition) is 6. The molecule has 1 N–H and O–H groups in total. The first-order valence-corrected chi connectivity index (χ1v) is 10.7. The predicted octanol–water partition coefficient (Wildman–Crippen LogP) is 2.45. The van der Waals surface area contributed by atoms with Gasteiger partial charge in [-0.1, -0.05) is 12.5 Å². The number of sulfonamides is 1. The van der Waals surface area contributed by atoms with Gasteiger partial charge in [-0.25, -0.2) is 23.4 Å². The number of piperidine rings is 1. The van der Waals surface area contributed by atoms with Crippen molar-refractivity contribution in [1.82, 2.24) is 23.8 Å². The first-order chi connectivity index (χ1) is 13.6. The van der Waals surface area contributed by atoms with Crippen LogP contribution in [0.4, 0.5) is 5.82 Å². The van der Waals surface area contributed by atoms with Crippen LogP contribution >= 0.6 is 0 Å². The SMILES string of the molecule is O=S(=O)(c1ccc(NCc2ccc(-n3ccnc3)nc2)nc1)N1CCCCC1. The molecule has 28 heavy (non-hydrogen) atoms. The molecular weight excluding hydrogens is 376 g/mol. The number of pyridine rings is 2. The van der Waals surface area contributed by atoms with Crippen molar-refractivity contribution in [2.24, 2.45) is 0 Å². The quantitative estimate of drug-likeness (QED) is 0.686. The summed E-state index contributed by atoms with van der Waals surface area (Å²) in [6.45, 7) is 1.72. The number of imidazole rings is 1. The van der Waals surface area contributed by atoms with Gasteiger partial charge in [-0.15, -0.1) is 0 Å². The van der Waals surface area contributed by atoms with E-state index in [0.29, 0.717) is 25.5 Å². The van der Waals surface area contributed by atoms with Crippen LogP contribution in [-0.2, 0) is 16.6 Å². The van der Waals surface area contributed by atoms with E-state index in [1.807, 2.05) is 22.9 Å². The monoisotopic (exact) mass is 398 g/mol. The van der Waals surface area contributed by atoms with Crippen molar-refractivity contribution in [3.8, 4) is 5.82 Å². The molecule has 0 saturated carbocycles. The fourth-order valence-corrected chi connectivity index (χ4v) is 4.62. The molecule has 4 heterocycles. The summed E-state index contributed by atoms with van der Waals surface area (Å²) in [6.07, 6.45) is 11.4. The molecule has 0 amide bonds. The summed E-state index contributed by atoms with van der Waals surface area (Å²) >= 11 is 0. The molecule has 0 unspecified atom stereocenters. The number of hydrogen-bond donors (Lipinski definition) is 1. The van der Waals surface area contributed by atoms with E-state index in [-0.39, 0.29) is 4.90 Å². The first kappa shape index (κ1) is 18.6. The molecule has 0 radical (unpaired) electrons. The van der Waals surface area contributed by atoms with Crippen molar-refractivity contribution >= 4 is 15.8 Å². The Labute approximate surface area is 164 Å². The van der Waals surface area contributed by atoms with Crippen molar-refractivity contribution in [3.05, 3.63) is 60.9 Å². The molecule has 0 bridgehead atoms. The van der Waals surface area contributed by atoms with E-state index in [2.05, 4.69) is 20.3 Å². The Morgan fingerprint density at radius 1 is 1.00 bits per heavy atom. The molecule has 1 aliphatic rings. The minimum absolute atomic E-state index is 0.242. The lowest BCUT2D eigenvalue weighted by Gasteiger charge is -2.25. The molecule has 1 saturated heterocycles. The number of rotatable bonds is 6. The minimum Gasteiger partial charge on any atom is -0.366 e. The van der Waals surface area contributed by atoms with E-state index < -0.39 is 10.0 Å². The van der Waals surface area contributed by atoms with E-state index >= 15 is 0 Å². The molecule has 9 heteroatoms. The molecule has 0 aromatic carbocycles. The van der Waals surface area contributed by atoms with Crippen LogP contribution in [-0.4, -0.2) is 45.3 Å². The second-order valence-corrected chi connectivity index (χ2v) is 8.63. The molecule has 0 aliphatic carbocycles. The zero-order valence-corrected chi connectivity index (χ0v) is 16.2. The molecule has 8 nitrogen and oxygen atoms in total. The maximum Gasteiger partial charge on any atom is 0.244 e. The van der Waals surface area contributed by atoms with Crippen molar-refractivity contribution < 1.29 is 8.42 Å². The minimum atomic E-state index is -3.45. The average molecular weight is 398 g/mol. The molecular formula is C19H22N6O2S. The zero-order valence-electron chi connectivity index (χ0n) is 15.4. The van der Waals surface area contributed by atoms with Gasteiger partial charge in [0, 0.05) is 44.4 Å². The number of nitrogens with one attached hydrogen (secondary N) is 1. The third-order valence-electron chi connectivity index (χ3n) is 4.74. The van der Waals surface area contributed by atoms with E-state index in [9.17, 15) is 8.42 Å². The van der Waals surface area contributed by atoms with Crippen molar-refractivity contribution in [1.29, 1.82) is 0 Å². The predicted molar refractivity (Wildman–Crippen MR) is 106 cm³/mol. The summed E-state index contributed by atoms with van der Waals surface area (Å²) in [5.74, 6) is 1.42. The summed E-state index contributed by atoms with van der Waals surface area (Å²) in [5, 5.41) is 3.19. The Kier molecular flexibility index (Phi) is 5.36.